The summed E-state index contributed by atoms with van der Waals surface area (Å²) in [4.78, 5) is 11.8. The number of nitrogens with one attached hydrogen (secondary N) is 1. The molecule has 1 aromatic rings. The van der Waals surface area contributed by atoms with Gasteiger partial charge in [-0.25, -0.2) is 12.8 Å². The molecule has 8 heteroatoms. The zero-order valence-corrected chi connectivity index (χ0v) is 13.4. The molecule has 0 heterocycles. The maximum Gasteiger partial charge on any atom is 0.238 e. The molecule has 0 radical (unpaired) electrons. The molecule has 0 bridgehead atoms. The van der Waals surface area contributed by atoms with Crippen LogP contribution in [0.1, 0.15) is 25.5 Å². The predicted octanol–water partition coefficient (Wildman–Crippen LogP) is 2.74. The largest absolute Gasteiger partial charge is 0.348 e. The minimum Gasteiger partial charge on any atom is -0.348 e. The molecule has 1 rings (SSSR count). The van der Waals surface area contributed by atoms with Crippen LogP contribution in [0.15, 0.2) is 12.1 Å². The van der Waals surface area contributed by atoms with E-state index >= 15 is 0 Å². The van der Waals surface area contributed by atoms with Crippen LogP contribution >= 0.6 is 23.2 Å². The van der Waals surface area contributed by atoms with E-state index in [1.54, 1.807) is 6.92 Å². The van der Waals surface area contributed by atoms with Gasteiger partial charge in [0, 0.05) is 11.3 Å². The number of sulfone groups is 1. The second-order valence-corrected chi connectivity index (χ2v) is 7.67. The Morgan fingerprint density at radius 2 is 1.80 bits per heavy atom. The lowest BCUT2D eigenvalue weighted by Gasteiger charge is -2.18. The van der Waals surface area contributed by atoms with E-state index in [4.69, 9.17) is 23.2 Å². The average Bonchev–Trinajstić information content (AvgIpc) is 2.31. The molecule has 0 aliphatic heterocycles. The lowest BCUT2D eigenvalue weighted by atomic mass is 10.1. The third-order valence-corrected chi connectivity index (χ3v) is 4.99. The molecule has 0 saturated carbocycles. The zero-order chi connectivity index (χ0) is 15.7. The van der Waals surface area contributed by atoms with Crippen molar-refractivity contribution in [1.82, 2.24) is 5.32 Å². The van der Waals surface area contributed by atoms with Gasteiger partial charge in [0.2, 0.25) is 5.91 Å². The topological polar surface area (TPSA) is 63.2 Å². The fourth-order valence-electron chi connectivity index (χ4n) is 1.47. The van der Waals surface area contributed by atoms with Crippen LogP contribution in [-0.4, -0.2) is 25.8 Å². The molecule has 0 spiro atoms. The highest BCUT2D eigenvalue weighted by molar-refractivity contribution is 7.92. The van der Waals surface area contributed by atoms with Crippen molar-refractivity contribution in [2.24, 2.45) is 0 Å². The van der Waals surface area contributed by atoms with E-state index in [2.05, 4.69) is 5.32 Å². The monoisotopic (exact) mass is 341 g/mol. The van der Waals surface area contributed by atoms with Gasteiger partial charge < -0.3 is 5.32 Å². The van der Waals surface area contributed by atoms with Crippen LogP contribution in [0.3, 0.4) is 0 Å². The van der Waals surface area contributed by atoms with Crippen LogP contribution in [0, 0.1) is 5.82 Å². The first-order chi connectivity index (χ1) is 9.04. The van der Waals surface area contributed by atoms with Gasteiger partial charge in [0.15, 0.2) is 9.84 Å². The number of benzene rings is 1. The lowest BCUT2D eigenvalue weighted by Crippen LogP contribution is -2.38. The van der Waals surface area contributed by atoms with Crippen molar-refractivity contribution < 1.29 is 17.6 Å². The maximum atomic E-state index is 13.4. The summed E-state index contributed by atoms with van der Waals surface area (Å²) in [7, 11) is -3.50. The van der Waals surface area contributed by atoms with Crippen LogP contribution in [0.4, 0.5) is 4.39 Å². The first kappa shape index (κ1) is 17.2. The average molecular weight is 342 g/mol. The Labute approximate surface area is 127 Å². The Kier molecular flexibility index (Phi) is 5.40. The van der Waals surface area contributed by atoms with Crippen LogP contribution in [0.5, 0.6) is 0 Å². The van der Waals surface area contributed by atoms with Gasteiger partial charge in [0.1, 0.15) is 11.1 Å². The van der Waals surface area contributed by atoms with Crippen LogP contribution in [0.25, 0.3) is 0 Å². The normalized spacial score (nSPS) is 14.7. The lowest BCUT2D eigenvalue weighted by molar-refractivity contribution is -0.121. The Balaban J connectivity index is 2.95. The number of hydrogen-bond donors (Lipinski definition) is 1. The second-order valence-electron chi connectivity index (χ2n) is 4.49. The summed E-state index contributed by atoms with van der Waals surface area (Å²) >= 11 is 11.5. The van der Waals surface area contributed by atoms with Crippen LogP contribution in [-0.2, 0) is 14.6 Å². The molecule has 0 aliphatic rings. The highest BCUT2D eigenvalue weighted by Gasteiger charge is 2.25. The molecule has 0 saturated heterocycles. The van der Waals surface area contributed by atoms with Crippen molar-refractivity contribution in [3.63, 3.8) is 0 Å². The molecule has 0 unspecified atom stereocenters. The van der Waals surface area contributed by atoms with E-state index in [1.165, 1.54) is 13.0 Å². The van der Waals surface area contributed by atoms with E-state index in [9.17, 15) is 17.6 Å². The summed E-state index contributed by atoms with van der Waals surface area (Å²) in [6.07, 6.45) is 0.969. The zero-order valence-electron chi connectivity index (χ0n) is 11.1. The maximum absolute atomic E-state index is 13.4. The van der Waals surface area contributed by atoms with E-state index in [1.807, 2.05) is 0 Å². The van der Waals surface area contributed by atoms with E-state index in [-0.39, 0.29) is 10.0 Å². The third kappa shape index (κ3) is 4.07. The fourth-order valence-corrected chi connectivity index (χ4v) is 2.48. The van der Waals surface area contributed by atoms with Crippen LogP contribution in [0.2, 0.25) is 10.0 Å². The SMILES string of the molecule is C[C@H](NC(=O)[C@H](C)S(C)(=O)=O)c1cc(F)c(Cl)cc1Cl. The molecular weight excluding hydrogens is 328 g/mol. The van der Waals surface area contributed by atoms with Gasteiger partial charge in [-0.2, -0.15) is 0 Å². The molecule has 1 aromatic carbocycles. The number of carbonyl (C=O) groups is 1. The summed E-state index contributed by atoms with van der Waals surface area (Å²) in [6, 6.07) is 1.70. The van der Waals surface area contributed by atoms with Gasteiger partial charge >= 0.3 is 0 Å². The van der Waals surface area contributed by atoms with Gasteiger partial charge in [0.25, 0.3) is 0 Å². The number of hydrogen-bond acceptors (Lipinski definition) is 3. The molecule has 2 atom stereocenters. The molecule has 1 amide bonds. The second kappa shape index (κ2) is 6.28. The molecule has 1 N–H and O–H groups in total. The van der Waals surface area contributed by atoms with Crippen molar-refractivity contribution in [3.05, 3.63) is 33.6 Å². The molecule has 0 aliphatic carbocycles. The van der Waals surface area contributed by atoms with Gasteiger partial charge in [-0.05, 0) is 31.5 Å². The molecule has 0 aromatic heterocycles. The number of rotatable bonds is 4. The standard InChI is InChI=1S/C12H14Cl2FNO3S/c1-6(16-12(17)7(2)20(3,18)19)8-4-11(15)10(14)5-9(8)13/h4-7H,1-3H3,(H,16,17)/t6-,7-/m0/s1. The smallest absolute Gasteiger partial charge is 0.238 e. The quantitative estimate of drug-likeness (QED) is 0.856. The third-order valence-electron chi connectivity index (χ3n) is 2.88. The molecular formula is C12H14Cl2FNO3S. The minimum absolute atomic E-state index is 0.123. The van der Waals surface area contributed by atoms with Gasteiger partial charge in [-0.15, -0.1) is 0 Å². The predicted molar refractivity (Wildman–Crippen MR) is 77.3 cm³/mol. The first-order valence-corrected chi connectivity index (χ1v) is 8.38. The van der Waals surface area contributed by atoms with Crippen molar-refractivity contribution >= 4 is 38.9 Å². The fraction of sp³-hybridized carbons (Fsp3) is 0.417. The minimum atomic E-state index is -3.50. The number of carbonyl (C=O) groups excluding carboxylic acids is 1. The van der Waals surface area contributed by atoms with Gasteiger partial charge in [-0.1, -0.05) is 23.2 Å². The van der Waals surface area contributed by atoms with Crippen molar-refractivity contribution in [3.8, 4) is 0 Å². The molecule has 112 valence electrons. The van der Waals surface area contributed by atoms with Crippen LogP contribution < -0.4 is 5.32 Å². The summed E-state index contributed by atoms with van der Waals surface area (Å²) < 4.78 is 36.0. The van der Waals surface area contributed by atoms with Crippen molar-refractivity contribution in [2.75, 3.05) is 6.26 Å². The first-order valence-electron chi connectivity index (χ1n) is 5.67. The summed E-state index contributed by atoms with van der Waals surface area (Å²) in [5.74, 6) is -1.34. The molecule has 20 heavy (non-hydrogen) atoms. The van der Waals surface area contributed by atoms with Crippen molar-refractivity contribution in [2.45, 2.75) is 25.1 Å². The Morgan fingerprint density at radius 3 is 2.30 bits per heavy atom. The molecule has 0 fully saturated rings. The summed E-state index contributed by atoms with van der Waals surface area (Å²) in [5.41, 5.74) is 0.322. The number of amides is 1. The Bertz CT molecular complexity index is 634. The van der Waals surface area contributed by atoms with E-state index in [0.717, 1.165) is 12.3 Å². The van der Waals surface area contributed by atoms with Crippen molar-refractivity contribution in [1.29, 1.82) is 0 Å². The number of halogens is 3. The highest BCUT2D eigenvalue weighted by Crippen LogP contribution is 2.28. The molecule has 4 nitrogen and oxygen atoms in total. The Hall–Kier alpha value is -0.850. The summed E-state index contributed by atoms with van der Waals surface area (Å²) in [6.45, 7) is 2.85. The Morgan fingerprint density at radius 1 is 1.25 bits per heavy atom. The van der Waals surface area contributed by atoms with Gasteiger partial charge in [-0.3, -0.25) is 4.79 Å². The van der Waals surface area contributed by atoms with E-state index in [0.29, 0.717) is 5.56 Å². The van der Waals surface area contributed by atoms with Gasteiger partial charge in [0.05, 0.1) is 11.1 Å². The summed E-state index contributed by atoms with van der Waals surface area (Å²) in [5, 5.41) is 1.35. The highest BCUT2D eigenvalue weighted by atomic mass is 35.5. The van der Waals surface area contributed by atoms with E-state index < -0.39 is 32.9 Å².